The van der Waals surface area contributed by atoms with Crippen LogP contribution in [0.4, 0.5) is 0 Å². The van der Waals surface area contributed by atoms with Crippen molar-refractivity contribution < 1.29 is 24.8 Å². The van der Waals surface area contributed by atoms with Crippen LogP contribution in [0.15, 0.2) is 198 Å². The second-order valence-electron chi connectivity index (χ2n) is 27.6. The number of hydrogen-bond donors (Lipinski definition) is 1. The molecule has 0 radical (unpaired) electrons. The van der Waals surface area contributed by atoms with Gasteiger partial charge >= 0.3 is 0 Å². The Kier molecular flexibility index (Phi) is 14.5. The second-order valence-corrected chi connectivity index (χ2v) is 27.6. The summed E-state index contributed by atoms with van der Waals surface area (Å²) in [6.45, 7) is 34.4. The maximum Gasteiger partial charge on any atom is 0.226 e. The molecule has 6 aromatic carbocycles. The van der Waals surface area contributed by atoms with Crippen LogP contribution in [-0.2, 0) is 46.7 Å². The van der Waals surface area contributed by atoms with Crippen LogP contribution in [0.3, 0.4) is 0 Å². The number of carbonyl (C=O) groups excluding carboxylic acids is 1. The summed E-state index contributed by atoms with van der Waals surface area (Å²) in [5.41, 5.74) is 19.3. The fraction of sp³-hybridized carbons (Fsp3) is 0.321. The molecule has 9 atom stereocenters. The molecule has 6 aliphatic carbocycles. The Labute approximate surface area is 556 Å². The Morgan fingerprint density at radius 3 is 1.39 bits per heavy atom. The summed E-state index contributed by atoms with van der Waals surface area (Å²) >= 11 is 0. The monoisotopic (exact) mass is 1250 g/mol. The van der Waals surface area contributed by atoms with Gasteiger partial charge in [0.2, 0.25) is 11.4 Å². The average Bonchev–Trinajstić information content (AvgIpc) is 1.40. The van der Waals surface area contributed by atoms with E-state index < -0.39 is 5.41 Å². The molecule has 0 amide bonds. The minimum absolute atomic E-state index is 0. The molecular formula is C81H87N9O3. The second kappa shape index (κ2) is 23.6. The molecule has 4 aromatic heterocycles. The summed E-state index contributed by atoms with van der Waals surface area (Å²) in [6.07, 6.45) is 11.2. The molecule has 0 bridgehead atoms. The van der Waals surface area contributed by atoms with E-state index in [1.165, 1.54) is 67.4 Å². The molecule has 474 valence electrons. The van der Waals surface area contributed by atoms with Crippen LogP contribution in [0.2, 0.25) is 0 Å². The van der Waals surface area contributed by atoms with E-state index in [0.29, 0.717) is 29.9 Å². The molecule has 12 nitrogen and oxygen atoms in total. The number of aliphatic hydroxyl groups excluding tert-OH is 1. The minimum Gasteiger partial charge on any atom is -0.523 e. The van der Waals surface area contributed by atoms with E-state index in [0.717, 1.165) is 90.9 Å². The van der Waals surface area contributed by atoms with Crippen molar-refractivity contribution in [2.75, 3.05) is 0 Å². The molecule has 0 spiro atoms. The highest BCUT2D eigenvalue weighted by Crippen LogP contribution is 2.56. The van der Waals surface area contributed by atoms with Crippen molar-refractivity contribution in [2.45, 2.75) is 136 Å². The first-order valence-corrected chi connectivity index (χ1v) is 33.0. The number of rotatable bonds is 6. The van der Waals surface area contributed by atoms with Gasteiger partial charge in [0.05, 0.1) is 42.2 Å². The fourth-order valence-corrected chi connectivity index (χ4v) is 17.7. The smallest absolute Gasteiger partial charge is 0.226 e. The first kappa shape index (κ1) is 57.0. The van der Waals surface area contributed by atoms with E-state index in [4.69, 9.17) is 41.5 Å². The third-order valence-corrected chi connectivity index (χ3v) is 22.2. The minimum atomic E-state index is -0.395. The number of fused-ring (bicyclic) bond motifs is 10. The SMILES string of the molecule is Cc1nc2c(n1-c1cccc(-c3ccccc3)c1)CC[C@H]1[C@H](C)c3oncc3C[C@]21C.[3HH].[3H][3H].[3H][3H].[3H][3H].[C-]#[N+]C1=C(O)[C@@H](C)[C@@H]2CCc3c(nc(C)n3-c3cccc(-c4ccccc4)c3)[C@@]2(C)C1.[C-]#[N+]C1=C[C@]2(C)c3nc(C)n(-c4cccc(-c5ccccc5)c4)c3CC[C@H]2[C@H](C)C1=O. The number of benzene rings is 6. The van der Waals surface area contributed by atoms with Crippen LogP contribution in [0.5, 0.6) is 0 Å². The molecule has 93 heavy (non-hydrogen) atoms. The molecule has 16 rings (SSSR count). The number of Topliss-reactive ketones (excluding diaryl/α,β-unsaturated/α-hetero) is 1. The molecule has 0 aliphatic heterocycles. The lowest BCUT2D eigenvalue weighted by atomic mass is 9.57. The number of nitrogens with zero attached hydrogens (tertiary/aromatic N) is 9. The first-order chi connectivity index (χ1) is 47.9. The van der Waals surface area contributed by atoms with Crippen LogP contribution in [-0.4, -0.2) is 44.7 Å². The van der Waals surface area contributed by atoms with Gasteiger partial charge < -0.3 is 28.1 Å². The van der Waals surface area contributed by atoms with Crippen molar-refractivity contribution in [1.29, 1.82) is 0 Å². The summed E-state index contributed by atoms with van der Waals surface area (Å²) < 4.78 is 42.6. The molecule has 0 unspecified atom stereocenters. The normalized spacial score (nSPS) is 24.9. The zero-order valence-corrected chi connectivity index (χ0v) is 54.7. The predicted molar refractivity (Wildman–Crippen MR) is 375 cm³/mol. The maximum atomic E-state index is 12.6. The number of aromatic nitrogens is 7. The Morgan fingerprint density at radius 1 is 0.527 bits per heavy atom. The fourth-order valence-electron chi connectivity index (χ4n) is 17.7. The van der Waals surface area contributed by atoms with E-state index in [9.17, 15) is 9.90 Å². The summed E-state index contributed by atoms with van der Waals surface area (Å²) in [5.74, 6) is 5.54. The Balaban J connectivity index is 0.000000155. The quantitative estimate of drug-likeness (QED) is 0.164. The van der Waals surface area contributed by atoms with Gasteiger partial charge in [-0.3, -0.25) is 0 Å². The summed E-state index contributed by atoms with van der Waals surface area (Å²) in [5, 5.41) is 14.7. The lowest BCUT2D eigenvalue weighted by Crippen LogP contribution is -2.45. The van der Waals surface area contributed by atoms with E-state index in [2.05, 4.69) is 229 Å². The standard InChI is InChI=1S/2C27H27N3O.C27H25N3O.4H2/c1-17-23-12-13-24-26(27(23,3)15-21-16-28-31-25(17)21)29-18(2)30(24)22-11-7-10-20(14-22)19-8-5-4-6-9-19;2*1-17-22-13-14-24-26(27(22,3)16-23(28-4)25(17)31)29-18(2)30(24)21-12-8-11-20(15-21)19-9-6-5-7-10-19;;;;/h4-11,14,16-17,23H,12-13,15H2,1-3H3;5-12,15,17,22,31H,13-14,16H2,1-3H3;5-12,15-17,22H,13-14H2,1-3H3;4*1H/t17-,23-,27-;2*17-,22-,27-;;;;/m000..../s1/i;;;3*1+2T;1+2. The topological polar surface area (TPSA) is 126 Å². The van der Waals surface area contributed by atoms with Crippen molar-refractivity contribution in [1.82, 2.24) is 33.8 Å². The number of imidazole rings is 3. The Bertz CT molecular complexity index is 4740. The van der Waals surface area contributed by atoms with Crippen LogP contribution in [0, 0.1) is 63.5 Å². The molecule has 4 heterocycles. The first-order valence-electron chi connectivity index (χ1n) is 36.0. The molecule has 12 heteroatoms. The van der Waals surface area contributed by atoms with Crippen molar-refractivity contribution in [3.63, 3.8) is 0 Å². The van der Waals surface area contributed by atoms with Gasteiger partial charge in [0.15, 0.2) is 5.78 Å². The highest BCUT2D eigenvalue weighted by Gasteiger charge is 2.53. The van der Waals surface area contributed by atoms with Crippen molar-refractivity contribution in [3.05, 3.63) is 279 Å². The number of hydrogen-bond acceptors (Lipinski definition) is 7. The van der Waals surface area contributed by atoms with Crippen LogP contribution < -0.4 is 0 Å². The largest absolute Gasteiger partial charge is 0.523 e. The van der Waals surface area contributed by atoms with Gasteiger partial charge in [-0.25, -0.2) is 24.6 Å². The van der Waals surface area contributed by atoms with Crippen molar-refractivity contribution >= 4 is 5.78 Å². The highest BCUT2D eigenvalue weighted by atomic mass is 16.5. The number of aliphatic hydroxyl groups is 1. The molecule has 1 N–H and O–H groups in total. The molecule has 6 aliphatic rings. The van der Waals surface area contributed by atoms with E-state index in [-0.39, 0.29) is 47.2 Å². The predicted octanol–water partition coefficient (Wildman–Crippen LogP) is 19.1. The van der Waals surface area contributed by atoms with Crippen LogP contribution in [0.1, 0.15) is 146 Å². The zero-order chi connectivity index (χ0) is 70.7. The van der Waals surface area contributed by atoms with Crippen LogP contribution in [0.25, 0.3) is 60.1 Å². The van der Waals surface area contributed by atoms with Gasteiger partial charge in [-0.1, -0.05) is 180 Å². The average molecular weight is 1250 g/mol. The lowest BCUT2D eigenvalue weighted by Gasteiger charge is -2.47. The van der Waals surface area contributed by atoms with Gasteiger partial charge in [0.1, 0.15) is 23.2 Å². The number of allylic oxidation sites excluding steroid dienone is 4. The van der Waals surface area contributed by atoms with Gasteiger partial charge in [0, 0.05) is 84.0 Å². The van der Waals surface area contributed by atoms with E-state index >= 15 is 0 Å². The Hall–Kier alpha value is -9.91. The zero-order valence-electron chi connectivity index (χ0n) is 60.7. The van der Waals surface area contributed by atoms with Crippen molar-refractivity contribution in [3.8, 4) is 50.4 Å². The van der Waals surface area contributed by atoms with E-state index in [1.807, 2.05) is 38.3 Å². The molecule has 0 fully saturated rings. The van der Waals surface area contributed by atoms with Crippen LogP contribution >= 0.6 is 0 Å². The molecule has 0 saturated carbocycles. The van der Waals surface area contributed by atoms with Gasteiger partial charge in [-0.05, 0) is 160 Å². The van der Waals surface area contributed by atoms with Gasteiger partial charge in [-0.15, -0.1) is 0 Å². The van der Waals surface area contributed by atoms with Gasteiger partial charge in [-0.2, -0.15) is 0 Å². The molecule has 10 aromatic rings. The molecule has 0 saturated heterocycles. The summed E-state index contributed by atoms with van der Waals surface area (Å²) in [4.78, 5) is 35.1. The Morgan fingerprint density at radius 2 is 0.935 bits per heavy atom. The third kappa shape index (κ3) is 10.1. The number of ketones is 1. The molecular weight excluding hydrogens is 1150 g/mol. The maximum absolute atomic E-state index is 12.6. The summed E-state index contributed by atoms with van der Waals surface area (Å²) in [6, 6.07) is 57.5. The summed E-state index contributed by atoms with van der Waals surface area (Å²) in [7, 11) is 0. The van der Waals surface area contributed by atoms with E-state index in [1.54, 1.807) is 0 Å². The number of carbonyl (C=O) groups is 1. The van der Waals surface area contributed by atoms with Crippen molar-refractivity contribution in [2.24, 2.45) is 29.6 Å². The van der Waals surface area contributed by atoms with Gasteiger partial charge in [0.25, 0.3) is 0 Å². The highest BCUT2D eigenvalue weighted by molar-refractivity contribution is 6.00. The lowest BCUT2D eigenvalue weighted by molar-refractivity contribution is -0.121. The number of aryl methyl sites for hydroxylation is 3. The third-order valence-electron chi connectivity index (χ3n) is 22.2.